The van der Waals surface area contributed by atoms with Crippen LogP contribution in [0.3, 0.4) is 0 Å². The maximum Gasteiger partial charge on any atom is 0.123 e. The van der Waals surface area contributed by atoms with Gasteiger partial charge in [0, 0.05) is 24.2 Å². The molecule has 0 spiro atoms. The molecule has 4 heteroatoms. The average molecular weight is 266 g/mol. The molecule has 1 aliphatic heterocycles. The summed E-state index contributed by atoms with van der Waals surface area (Å²) < 4.78 is 13.4. The Morgan fingerprint density at radius 2 is 2.26 bits per heavy atom. The molecule has 1 aromatic rings. The molecule has 0 amide bonds. The summed E-state index contributed by atoms with van der Waals surface area (Å²) in [7, 11) is 0. The third-order valence-electron chi connectivity index (χ3n) is 4.23. The molecule has 106 valence electrons. The minimum Gasteiger partial charge on any atom is -0.508 e. The van der Waals surface area contributed by atoms with Crippen LogP contribution in [0, 0.1) is 11.7 Å². The molecule has 1 heterocycles. The fourth-order valence-electron chi connectivity index (χ4n) is 3.05. The second-order valence-electron chi connectivity index (χ2n) is 5.64. The van der Waals surface area contributed by atoms with Crippen molar-refractivity contribution in [2.24, 2.45) is 11.7 Å². The van der Waals surface area contributed by atoms with Gasteiger partial charge in [-0.3, -0.25) is 4.90 Å². The molecule has 0 radical (unpaired) electrons. The Morgan fingerprint density at radius 3 is 2.95 bits per heavy atom. The molecule has 0 aromatic heterocycles. The maximum atomic E-state index is 13.4. The highest BCUT2D eigenvalue weighted by atomic mass is 19.1. The molecular formula is C15H23FN2O. The molecule has 1 saturated heterocycles. The van der Waals surface area contributed by atoms with Crippen molar-refractivity contribution < 1.29 is 9.50 Å². The summed E-state index contributed by atoms with van der Waals surface area (Å²) >= 11 is 0. The quantitative estimate of drug-likeness (QED) is 0.884. The van der Waals surface area contributed by atoms with Crippen molar-refractivity contribution >= 4 is 0 Å². The van der Waals surface area contributed by atoms with E-state index >= 15 is 0 Å². The number of hydrogen-bond donors (Lipinski definition) is 2. The van der Waals surface area contributed by atoms with Crippen LogP contribution < -0.4 is 5.73 Å². The Morgan fingerprint density at radius 1 is 1.53 bits per heavy atom. The zero-order chi connectivity index (χ0) is 14.0. The van der Waals surface area contributed by atoms with Crippen molar-refractivity contribution in [3.8, 4) is 5.75 Å². The normalized spacial score (nSPS) is 26.3. The van der Waals surface area contributed by atoms with Gasteiger partial charge in [-0.05, 0) is 50.4 Å². The van der Waals surface area contributed by atoms with Gasteiger partial charge in [0.1, 0.15) is 11.6 Å². The number of hydrogen-bond acceptors (Lipinski definition) is 3. The molecule has 3 unspecified atom stereocenters. The second-order valence-corrected chi connectivity index (χ2v) is 5.64. The minimum atomic E-state index is -0.311. The third-order valence-corrected chi connectivity index (χ3v) is 4.23. The van der Waals surface area contributed by atoms with E-state index in [2.05, 4.69) is 11.8 Å². The lowest BCUT2D eigenvalue weighted by Gasteiger charge is -2.42. The zero-order valence-electron chi connectivity index (χ0n) is 11.6. The molecule has 3 N–H and O–H groups in total. The lowest BCUT2D eigenvalue weighted by molar-refractivity contribution is 0.0822. The zero-order valence-corrected chi connectivity index (χ0v) is 11.6. The number of nitrogens with two attached hydrogens (primary N) is 1. The third kappa shape index (κ3) is 3.07. The van der Waals surface area contributed by atoms with Gasteiger partial charge < -0.3 is 10.8 Å². The number of phenolic OH excluding ortho intramolecular Hbond substituents is 1. The summed E-state index contributed by atoms with van der Waals surface area (Å²) in [5.74, 6) is 0.524. The first kappa shape index (κ1) is 14.3. The monoisotopic (exact) mass is 266 g/mol. The Balaban J connectivity index is 2.22. The number of aromatic hydroxyl groups is 1. The standard InChI is InChI=1S/C15H23FN2O/c1-10-5-6-18(13(7-10)9-17)11(2)14-8-12(16)3-4-15(14)19/h3-4,8,10-11,13,19H,5-7,9,17H2,1-2H3. The summed E-state index contributed by atoms with van der Waals surface area (Å²) in [6, 6.07) is 4.42. The van der Waals surface area contributed by atoms with Gasteiger partial charge in [-0.1, -0.05) is 6.92 Å². The van der Waals surface area contributed by atoms with E-state index < -0.39 is 0 Å². The van der Waals surface area contributed by atoms with E-state index in [-0.39, 0.29) is 17.6 Å². The SMILES string of the molecule is CC1CCN(C(C)c2cc(F)ccc2O)C(CN)C1. The molecule has 1 fully saturated rings. The van der Waals surface area contributed by atoms with E-state index in [1.165, 1.54) is 18.2 Å². The average Bonchev–Trinajstić information content (AvgIpc) is 2.40. The predicted molar refractivity (Wildman–Crippen MR) is 74.4 cm³/mol. The van der Waals surface area contributed by atoms with Crippen molar-refractivity contribution in [2.75, 3.05) is 13.1 Å². The van der Waals surface area contributed by atoms with Crippen molar-refractivity contribution in [1.82, 2.24) is 4.90 Å². The van der Waals surface area contributed by atoms with Crippen LogP contribution in [-0.4, -0.2) is 29.1 Å². The van der Waals surface area contributed by atoms with Crippen LogP contribution in [0.25, 0.3) is 0 Å². The van der Waals surface area contributed by atoms with Gasteiger partial charge in [0.25, 0.3) is 0 Å². The number of rotatable bonds is 3. The second kappa shape index (κ2) is 5.88. The maximum absolute atomic E-state index is 13.4. The van der Waals surface area contributed by atoms with Gasteiger partial charge in [-0.25, -0.2) is 4.39 Å². The van der Waals surface area contributed by atoms with Crippen molar-refractivity contribution in [3.05, 3.63) is 29.6 Å². The molecule has 19 heavy (non-hydrogen) atoms. The first-order valence-electron chi connectivity index (χ1n) is 6.97. The van der Waals surface area contributed by atoms with Gasteiger partial charge in [-0.2, -0.15) is 0 Å². The molecule has 2 rings (SSSR count). The number of phenols is 1. The summed E-state index contributed by atoms with van der Waals surface area (Å²) in [6.07, 6.45) is 2.19. The van der Waals surface area contributed by atoms with Crippen LogP contribution >= 0.6 is 0 Å². The molecule has 1 aromatic carbocycles. The van der Waals surface area contributed by atoms with Crippen molar-refractivity contribution in [2.45, 2.75) is 38.8 Å². The van der Waals surface area contributed by atoms with Crippen molar-refractivity contribution in [3.63, 3.8) is 0 Å². The number of benzene rings is 1. The van der Waals surface area contributed by atoms with E-state index in [0.717, 1.165) is 19.4 Å². The molecule has 0 bridgehead atoms. The van der Waals surface area contributed by atoms with Crippen LogP contribution in [0.15, 0.2) is 18.2 Å². The molecule has 3 nitrogen and oxygen atoms in total. The largest absolute Gasteiger partial charge is 0.508 e. The van der Waals surface area contributed by atoms with E-state index in [9.17, 15) is 9.50 Å². The van der Waals surface area contributed by atoms with E-state index in [1.54, 1.807) is 0 Å². The Labute approximate surface area is 114 Å². The highest BCUT2D eigenvalue weighted by Gasteiger charge is 2.30. The first-order chi connectivity index (χ1) is 9.02. The lowest BCUT2D eigenvalue weighted by atomic mass is 9.90. The van der Waals surface area contributed by atoms with E-state index in [0.29, 0.717) is 24.1 Å². The summed E-state index contributed by atoms with van der Waals surface area (Å²) in [5, 5.41) is 9.92. The van der Waals surface area contributed by atoms with E-state index in [1.807, 2.05) is 6.92 Å². The molecule has 1 aliphatic rings. The van der Waals surface area contributed by atoms with Gasteiger partial charge in [-0.15, -0.1) is 0 Å². The highest BCUT2D eigenvalue weighted by Crippen LogP contribution is 2.34. The van der Waals surface area contributed by atoms with Gasteiger partial charge in [0.2, 0.25) is 0 Å². The first-order valence-corrected chi connectivity index (χ1v) is 6.97. The minimum absolute atomic E-state index is 0.0169. The lowest BCUT2D eigenvalue weighted by Crippen LogP contribution is -2.47. The summed E-state index contributed by atoms with van der Waals surface area (Å²) in [4.78, 5) is 2.29. The number of piperidine rings is 1. The molecule has 0 saturated carbocycles. The Kier molecular flexibility index (Phi) is 4.42. The fourth-order valence-corrected chi connectivity index (χ4v) is 3.05. The number of likely N-dealkylation sites (tertiary alicyclic amines) is 1. The topological polar surface area (TPSA) is 49.5 Å². The summed E-state index contributed by atoms with van der Waals surface area (Å²) in [6.45, 7) is 5.79. The molecule has 3 atom stereocenters. The highest BCUT2D eigenvalue weighted by molar-refractivity contribution is 5.35. The van der Waals surface area contributed by atoms with Crippen LogP contribution in [0.2, 0.25) is 0 Å². The number of nitrogens with zero attached hydrogens (tertiary/aromatic N) is 1. The summed E-state index contributed by atoms with van der Waals surface area (Å²) in [5.41, 5.74) is 6.51. The van der Waals surface area contributed by atoms with Crippen LogP contribution in [0.1, 0.15) is 38.3 Å². The molecule has 0 aliphatic carbocycles. The smallest absolute Gasteiger partial charge is 0.123 e. The van der Waals surface area contributed by atoms with Crippen LogP contribution in [0.5, 0.6) is 5.75 Å². The van der Waals surface area contributed by atoms with Crippen LogP contribution in [-0.2, 0) is 0 Å². The van der Waals surface area contributed by atoms with Gasteiger partial charge in [0.15, 0.2) is 0 Å². The Hall–Kier alpha value is -1.13. The van der Waals surface area contributed by atoms with Crippen LogP contribution in [0.4, 0.5) is 4.39 Å². The van der Waals surface area contributed by atoms with Gasteiger partial charge in [0.05, 0.1) is 0 Å². The molecular weight excluding hydrogens is 243 g/mol. The number of halogens is 1. The van der Waals surface area contributed by atoms with Crippen molar-refractivity contribution in [1.29, 1.82) is 0 Å². The fraction of sp³-hybridized carbons (Fsp3) is 0.600. The van der Waals surface area contributed by atoms with E-state index in [4.69, 9.17) is 5.73 Å². The predicted octanol–water partition coefficient (Wildman–Crippen LogP) is 2.65. The van der Waals surface area contributed by atoms with Gasteiger partial charge >= 0.3 is 0 Å². The Bertz CT molecular complexity index is 438.